The molecule has 3 unspecified atom stereocenters. The molecule has 8 nitrogen and oxygen atoms in total. The van der Waals surface area contributed by atoms with E-state index < -0.39 is 29.9 Å². The monoisotopic (exact) mass is 656 g/mol. The van der Waals surface area contributed by atoms with Crippen molar-refractivity contribution >= 4 is 45.0 Å². The van der Waals surface area contributed by atoms with Gasteiger partial charge in [-0.3, -0.25) is 19.2 Å². The summed E-state index contributed by atoms with van der Waals surface area (Å²) in [4.78, 5) is 55.8. The number of amides is 3. The average Bonchev–Trinajstić information content (AvgIpc) is 3.12. The first kappa shape index (κ1) is 35.0. The van der Waals surface area contributed by atoms with Crippen LogP contribution in [-0.4, -0.2) is 60.1 Å². The molecule has 252 valence electrons. The van der Waals surface area contributed by atoms with E-state index in [1.807, 2.05) is 115 Å². The third kappa shape index (κ3) is 9.39. The van der Waals surface area contributed by atoms with Crippen LogP contribution >= 0.6 is 0 Å². The number of hydrogen-bond donors (Lipinski definition) is 3. The van der Waals surface area contributed by atoms with Crippen LogP contribution in [0.4, 0.5) is 0 Å². The summed E-state index contributed by atoms with van der Waals surface area (Å²) in [6, 6.07) is 34.6. The molecule has 3 atom stereocenters. The summed E-state index contributed by atoms with van der Waals surface area (Å²) in [7, 11) is 1.62. The Balaban J connectivity index is 1.44. The van der Waals surface area contributed by atoms with E-state index in [4.69, 9.17) is 5.73 Å². The normalized spacial score (nSPS) is 13.0. The van der Waals surface area contributed by atoms with Crippen molar-refractivity contribution in [2.45, 2.75) is 57.2 Å². The van der Waals surface area contributed by atoms with E-state index in [9.17, 15) is 19.2 Å². The number of nitrogens with one attached hydrogen (secondary N) is 2. The lowest BCUT2D eigenvalue weighted by atomic mass is 9.98. The number of carbonyl (C=O) groups is 4. The fourth-order valence-corrected chi connectivity index (χ4v) is 6.10. The summed E-state index contributed by atoms with van der Waals surface area (Å²) in [5.41, 5.74) is 8.32. The molecular weight excluding hydrogens is 612 g/mol. The summed E-state index contributed by atoms with van der Waals surface area (Å²) >= 11 is 0. The summed E-state index contributed by atoms with van der Waals surface area (Å²) in [6.45, 7) is 1.81. The first-order valence-electron chi connectivity index (χ1n) is 16.8. The molecule has 0 heterocycles. The highest BCUT2D eigenvalue weighted by Gasteiger charge is 2.32. The van der Waals surface area contributed by atoms with E-state index >= 15 is 0 Å². The molecular formula is C41H44N4O4. The molecule has 0 fully saturated rings. The van der Waals surface area contributed by atoms with Gasteiger partial charge in [-0.2, -0.15) is 0 Å². The number of rotatable bonds is 15. The van der Waals surface area contributed by atoms with Crippen molar-refractivity contribution in [3.63, 3.8) is 0 Å². The maximum absolute atomic E-state index is 14.3. The Kier molecular flexibility index (Phi) is 11.9. The summed E-state index contributed by atoms with van der Waals surface area (Å²) < 4.78 is 0. The highest BCUT2D eigenvalue weighted by molar-refractivity contribution is 5.95. The Morgan fingerprint density at radius 2 is 1.12 bits per heavy atom. The second-order valence-corrected chi connectivity index (χ2v) is 12.6. The van der Waals surface area contributed by atoms with Crippen molar-refractivity contribution in [3.05, 3.63) is 132 Å². The SMILES string of the molecule is CC(=O)C(Cc1ccccc1)NC(=O)C(Cc1ccc2ccccc2c1)NC(=O)C(Cc1ccc2ccccc2c1)N(C)C(=O)CCCN. The molecule has 0 aliphatic rings. The molecule has 49 heavy (non-hydrogen) atoms. The fraction of sp³-hybridized carbons (Fsp3) is 0.268. The van der Waals surface area contributed by atoms with Crippen molar-refractivity contribution in [3.8, 4) is 0 Å². The number of ketones is 1. The Bertz CT molecular complexity index is 1930. The molecule has 5 aromatic rings. The average molecular weight is 657 g/mol. The van der Waals surface area contributed by atoms with Gasteiger partial charge in [0, 0.05) is 26.3 Å². The minimum absolute atomic E-state index is 0.186. The smallest absolute Gasteiger partial charge is 0.243 e. The van der Waals surface area contributed by atoms with E-state index in [0.29, 0.717) is 19.4 Å². The van der Waals surface area contributed by atoms with Crippen LogP contribution in [0.25, 0.3) is 21.5 Å². The second kappa shape index (κ2) is 16.7. The summed E-state index contributed by atoms with van der Waals surface area (Å²) in [5, 5.41) is 10.1. The zero-order chi connectivity index (χ0) is 34.8. The van der Waals surface area contributed by atoms with Crippen molar-refractivity contribution in [1.82, 2.24) is 15.5 Å². The van der Waals surface area contributed by atoms with Gasteiger partial charge in [-0.15, -0.1) is 0 Å². The van der Waals surface area contributed by atoms with E-state index in [1.165, 1.54) is 11.8 Å². The zero-order valence-corrected chi connectivity index (χ0v) is 28.1. The van der Waals surface area contributed by atoms with Gasteiger partial charge in [-0.25, -0.2) is 0 Å². The van der Waals surface area contributed by atoms with Gasteiger partial charge in [0.2, 0.25) is 17.7 Å². The van der Waals surface area contributed by atoms with E-state index in [2.05, 4.69) is 10.6 Å². The van der Waals surface area contributed by atoms with Gasteiger partial charge in [0.05, 0.1) is 6.04 Å². The third-order valence-corrected chi connectivity index (χ3v) is 8.98. The highest BCUT2D eigenvalue weighted by atomic mass is 16.2. The molecule has 4 N–H and O–H groups in total. The molecule has 5 rings (SSSR count). The number of benzene rings is 5. The molecule has 0 saturated heterocycles. The van der Waals surface area contributed by atoms with E-state index in [0.717, 1.165) is 38.2 Å². The van der Waals surface area contributed by atoms with E-state index in [1.54, 1.807) is 7.05 Å². The maximum atomic E-state index is 14.3. The lowest BCUT2D eigenvalue weighted by Gasteiger charge is -2.30. The van der Waals surface area contributed by atoms with Gasteiger partial charge in [0.25, 0.3) is 0 Å². The number of hydrogen-bond acceptors (Lipinski definition) is 5. The number of fused-ring (bicyclic) bond motifs is 2. The largest absolute Gasteiger partial charge is 0.344 e. The lowest BCUT2D eigenvalue weighted by molar-refractivity contribution is -0.140. The maximum Gasteiger partial charge on any atom is 0.243 e. The van der Waals surface area contributed by atoms with Gasteiger partial charge in [0.1, 0.15) is 12.1 Å². The van der Waals surface area contributed by atoms with Crippen LogP contribution in [0, 0.1) is 0 Å². The number of nitrogens with two attached hydrogens (primary N) is 1. The minimum Gasteiger partial charge on any atom is -0.344 e. The molecule has 0 aromatic heterocycles. The third-order valence-electron chi connectivity index (χ3n) is 8.98. The van der Waals surface area contributed by atoms with Crippen LogP contribution in [-0.2, 0) is 38.4 Å². The lowest BCUT2D eigenvalue weighted by Crippen LogP contribution is -2.57. The van der Waals surface area contributed by atoms with Gasteiger partial charge in [0.15, 0.2) is 5.78 Å². The molecule has 0 bridgehead atoms. The van der Waals surface area contributed by atoms with Crippen molar-refractivity contribution in [2.24, 2.45) is 5.73 Å². The number of Topliss-reactive ketones (excluding diaryl/α,β-unsaturated/α-hetero) is 1. The fourth-order valence-electron chi connectivity index (χ4n) is 6.10. The van der Waals surface area contributed by atoms with Gasteiger partial charge < -0.3 is 21.3 Å². The Labute approximate surface area is 287 Å². The summed E-state index contributed by atoms with van der Waals surface area (Å²) in [6.07, 6.45) is 1.45. The number of nitrogens with zero attached hydrogens (tertiary/aromatic N) is 1. The van der Waals surface area contributed by atoms with Crippen LogP contribution < -0.4 is 16.4 Å². The first-order valence-corrected chi connectivity index (χ1v) is 16.8. The minimum atomic E-state index is -1.02. The molecule has 0 spiro atoms. The van der Waals surface area contributed by atoms with Gasteiger partial charge in [-0.05, 0) is 64.5 Å². The number of likely N-dealkylation sites (N-methyl/N-ethyl adjacent to an activating group) is 1. The highest BCUT2D eigenvalue weighted by Crippen LogP contribution is 2.20. The number of carbonyl (C=O) groups excluding carboxylic acids is 4. The quantitative estimate of drug-likeness (QED) is 0.144. The molecule has 5 aromatic carbocycles. The zero-order valence-electron chi connectivity index (χ0n) is 28.1. The van der Waals surface area contributed by atoms with Crippen molar-refractivity contribution < 1.29 is 19.2 Å². The van der Waals surface area contributed by atoms with E-state index in [-0.39, 0.29) is 31.0 Å². The van der Waals surface area contributed by atoms with Crippen molar-refractivity contribution in [1.29, 1.82) is 0 Å². The van der Waals surface area contributed by atoms with Crippen LogP contribution in [0.15, 0.2) is 115 Å². The summed E-state index contributed by atoms with van der Waals surface area (Å²) in [5.74, 6) is -1.33. The second-order valence-electron chi connectivity index (χ2n) is 12.6. The molecule has 0 radical (unpaired) electrons. The Morgan fingerprint density at radius 3 is 1.69 bits per heavy atom. The van der Waals surface area contributed by atoms with Gasteiger partial charge in [-0.1, -0.05) is 115 Å². The molecule has 0 aliphatic carbocycles. The van der Waals surface area contributed by atoms with Gasteiger partial charge >= 0.3 is 0 Å². The van der Waals surface area contributed by atoms with Crippen LogP contribution in [0.1, 0.15) is 36.5 Å². The predicted molar refractivity (Wildman–Crippen MR) is 195 cm³/mol. The van der Waals surface area contributed by atoms with Crippen LogP contribution in [0.3, 0.4) is 0 Å². The predicted octanol–water partition coefficient (Wildman–Crippen LogP) is 5.15. The van der Waals surface area contributed by atoms with Crippen LogP contribution in [0.2, 0.25) is 0 Å². The molecule has 3 amide bonds. The first-order chi connectivity index (χ1) is 23.7. The van der Waals surface area contributed by atoms with Crippen LogP contribution in [0.5, 0.6) is 0 Å². The molecule has 0 saturated carbocycles. The topological polar surface area (TPSA) is 122 Å². The van der Waals surface area contributed by atoms with Crippen molar-refractivity contribution in [2.75, 3.05) is 13.6 Å². The Hall–Kier alpha value is -5.34. The molecule has 0 aliphatic heterocycles. The standard InChI is InChI=1S/C41H44N4O4/c1-28(46)36(25-29-11-4-3-5-12-29)43-40(48)37(26-30-18-20-32-13-6-8-15-34(32)23-30)44-41(49)38(45(2)39(47)17-10-22-42)27-31-19-21-33-14-7-9-16-35(33)24-31/h3-9,11-16,18-21,23-24,36-38H,10,17,22,25-27,42H2,1-2H3,(H,43,48)(H,44,49). The Morgan fingerprint density at radius 1 is 0.612 bits per heavy atom. The molecule has 8 heteroatoms.